The van der Waals surface area contributed by atoms with Gasteiger partial charge in [0.15, 0.2) is 0 Å². The van der Waals surface area contributed by atoms with Crippen molar-refractivity contribution in [1.29, 1.82) is 0 Å². The summed E-state index contributed by atoms with van der Waals surface area (Å²) in [5.41, 5.74) is 7.83. The van der Waals surface area contributed by atoms with Crippen LogP contribution in [0.2, 0.25) is 0 Å². The van der Waals surface area contributed by atoms with Crippen LogP contribution in [-0.2, 0) is 22.4 Å². The topological polar surface area (TPSA) is 92.1 Å². The van der Waals surface area contributed by atoms with E-state index in [1.807, 2.05) is 44.2 Å². The number of hydrogen-bond donors (Lipinski definition) is 1. The first-order chi connectivity index (χ1) is 27.3. The number of halogens is 1. The first-order valence-corrected chi connectivity index (χ1v) is 20.2. The molecule has 58 heavy (non-hydrogen) atoms. The summed E-state index contributed by atoms with van der Waals surface area (Å²) in [5.74, 6) is 1.24. The molecular formula is C48H59FN6O3. The molecule has 4 aliphatic heterocycles. The monoisotopic (exact) mass is 786 g/mol. The maximum atomic E-state index is 14.0. The van der Waals surface area contributed by atoms with Gasteiger partial charge in [0.05, 0.1) is 16.8 Å². The van der Waals surface area contributed by atoms with E-state index < -0.39 is 11.4 Å². The van der Waals surface area contributed by atoms with E-state index in [0.29, 0.717) is 13.0 Å². The SMILES string of the molecule is C.CC(=O)C(C)(C)CN1CCN(C2=Nc3ccccc3Cc3cc(F)ccc32)CC1.CC(C)(CN1CCN(C2=Nc3ccccc3Cc3ccccc32)CC1)C(=O)O. The smallest absolute Gasteiger partial charge is 0.310 e. The summed E-state index contributed by atoms with van der Waals surface area (Å²) in [6.07, 6.45) is 1.58. The molecule has 10 heteroatoms. The molecule has 4 aliphatic rings. The van der Waals surface area contributed by atoms with Crippen LogP contribution in [-0.4, -0.2) is 114 Å². The normalized spacial score (nSPS) is 17.0. The van der Waals surface area contributed by atoms with Gasteiger partial charge in [-0.15, -0.1) is 0 Å². The van der Waals surface area contributed by atoms with Crippen LogP contribution in [0.1, 0.15) is 75.4 Å². The molecular weight excluding hydrogens is 728 g/mol. The number of para-hydroxylation sites is 2. The Morgan fingerprint density at radius 2 is 1.03 bits per heavy atom. The Bertz CT molecular complexity index is 2180. The van der Waals surface area contributed by atoms with E-state index in [9.17, 15) is 19.1 Å². The second-order valence-electron chi connectivity index (χ2n) is 17.1. The average molecular weight is 787 g/mol. The fraction of sp³-hybridized carbons (Fsp3) is 0.417. The lowest BCUT2D eigenvalue weighted by atomic mass is 9.88. The number of benzene rings is 4. The van der Waals surface area contributed by atoms with Crippen LogP contribution in [0.3, 0.4) is 0 Å². The van der Waals surface area contributed by atoms with Crippen molar-refractivity contribution < 1.29 is 19.1 Å². The molecule has 0 spiro atoms. The summed E-state index contributed by atoms with van der Waals surface area (Å²) in [6, 6.07) is 30.0. The van der Waals surface area contributed by atoms with Crippen LogP contribution in [0.25, 0.3) is 0 Å². The van der Waals surface area contributed by atoms with E-state index in [1.54, 1.807) is 26.8 Å². The highest BCUT2D eigenvalue weighted by molar-refractivity contribution is 6.03. The Balaban J connectivity index is 0.000000192. The molecule has 0 amide bonds. The summed E-state index contributed by atoms with van der Waals surface area (Å²) in [5, 5.41) is 9.41. The predicted molar refractivity (Wildman–Crippen MR) is 232 cm³/mol. The van der Waals surface area contributed by atoms with Gasteiger partial charge in [-0.1, -0.05) is 81.9 Å². The van der Waals surface area contributed by atoms with Crippen molar-refractivity contribution in [1.82, 2.24) is 19.6 Å². The van der Waals surface area contributed by atoms with E-state index >= 15 is 0 Å². The zero-order valence-electron chi connectivity index (χ0n) is 34.0. The molecule has 4 aromatic rings. The third kappa shape index (κ3) is 9.56. The van der Waals surface area contributed by atoms with Gasteiger partial charge in [-0.25, -0.2) is 14.4 Å². The summed E-state index contributed by atoms with van der Waals surface area (Å²) in [4.78, 5) is 42.7. The van der Waals surface area contributed by atoms with Crippen LogP contribution in [0.15, 0.2) is 101 Å². The Kier molecular flexibility index (Phi) is 13.0. The van der Waals surface area contributed by atoms with Gasteiger partial charge in [0.2, 0.25) is 0 Å². The quantitative estimate of drug-likeness (QED) is 0.212. The van der Waals surface area contributed by atoms with E-state index in [2.05, 4.69) is 68.1 Å². The Hall–Kier alpha value is -5.19. The van der Waals surface area contributed by atoms with E-state index in [0.717, 1.165) is 105 Å². The molecule has 0 radical (unpaired) electrons. The van der Waals surface area contributed by atoms with Gasteiger partial charge in [0, 0.05) is 94.8 Å². The van der Waals surface area contributed by atoms with Crippen molar-refractivity contribution >= 4 is 34.8 Å². The van der Waals surface area contributed by atoms with E-state index in [1.165, 1.54) is 22.8 Å². The molecule has 4 heterocycles. The molecule has 9 nitrogen and oxygen atoms in total. The third-order valence-electron chi connectivity index (χ3n) is 11.9. The first kappa shape index (κ1) is 42.4. The molecule has 4 aromatic carbocycles. The molecule has 1 N–H and O–H groups in total. The van der Waals surface area contributed by atoms with Gasteiger partial charge in [-0.2, -0.15) is 0 Å². The molecule has 0 bridgehead atoms. The predicted octanol–water partition coefficient (Wildman–Crippen LogP) is 8.07. The summed E-state index contributed by atoms with van der Waals surface area (Å²) in [7, 11) is 0. The molecule has 0 aliphatic carbocycles. The van der Waals surface area contributed by atoms with Gasteiger partial charge >= 0.3 is 5.97 Å². The van der Waals surface area contributed by atoms with Gasteiger partial charge in [-0.3, -0.25) is 19.4 Å². The number of nitrogens with zero attached hydrogens (tertiary/aromatic N) is 6. The molecule has 2 saturated heterocycles. The van der Waals surface area contributed by atoms with Crippen molar-refractivity contribution in [2.24, 2.45) is 20.8 Å². The largest absolute Gasteiger partial charge is 0.481 e. The number of rotatable bonds is 6. The molecule has 0 unspecified atom stereocenters. The lowest BCUT2D eigenvalue weighted by Gasteiger charge is -2.39. The van der Waals surface area contributed by atoms with Crippen molar-refractivity contribution in [3.05, 3.63) is 130 Å². The van der Waals surface area contributed by atoms with Crippen LogP contribution in [0, 0.1) is 16.6 Å². The molecule has 0 aromatic heterocycles. The third-order valence-corrected chi connectivity index (χ3v) is 11.9. The van der Waals surface area contributed by atoms with Crippen LogP contribution in [0.4, 0.5) is 15.8 Å². The van der Waals surface area contributed by atoms with Gasteiger partial charge in [-0.05, 0) is 73.4 Å². The van der Waals surface area contributed by atoms with Crippen LogP contribution in [0.5, 0.6) is 0 Å². The van der Waals surface area contributed by atoms with Crippen LogP contribution >= 0.6 is 0 Å². The number of carboxylic acids is 1. The number of carbonyl (C=O) groups is 2. The van der Waals surface area contributed by atoms with Gasteiger partial charge in [0.1, 0.15) is 23.3 Å². The highest BCUT2D eigenvalue weighted by Gasteiger charge is 2.33. The van der Waals surface area contributed by atoms with Crippen molar-refractivity contribution in [2.45, 2.75) is 54.9 Å². The van der Waals surface area contributed by atoms with Crippen molar-refractivity contribution in [3.8, 4) is 0 Å². The van der Waals surface area contributed by atoms with E-state index in [4.69, 9.17) is 9.98 Å². The second-order valence-corrected chi connectivity index (χ2v) is 17.1. The molecule has 0 atom stereocenters. The summed E-state index contributed by atoms with van der Waals surface area (Å²) < 4.78 is 14.0. The molecule has 0 saturated carbocycles. The van der Waals surface area contributed by atoms with Gasteiger partial charge < -0.3 is 14.9 Å². The van der Waals surface area contributed by atoms with Crippen molar-refractivity contribution in [2.75, 3.05) is 65.4 Å². The minimum absolute atomic E-state index is 0. The number of fused-ring (bicyclic) bond motifs is 4. The number of ketones is 1. The lowest BCUT2D eigenvalue weighted by molar-refractivity contribution is -0.148. The van der Waals surface area contributed by atoms with Gasteiger partial charge in [0.25, 0.3) is 0 Å². The average Bonchev–Trinajstić information content (AvgIpc) is 3.46. The number of hydrogen-bond acceptors (Lipinski definition) is 8. The molecule has 2 fully saturated rings. The zero-order valence-corrected chi connectivity index (χ0v) is 34.0. The number of Topliss-reactive ketones (excluding diaryl/α,β-unsaturated/α-hetero) is 1. The standard InChI is InChI=1S/C24H28FN3O.C23H27N3O2.CH4/c1-17(29)24(2,3)16-27-10-12-28(13-11-27)23-21-9-8-20(25)15-19(21)14-18-6-4-5-7-22(18)26-23;1-23(2,22(27)28)16-25-11-13-26(14-12-25)21-19-9-5-3-7-17(19)15-18-8-4-6-10-20(18)24-21;/h4-9,15H,10-14,16H2,1-3H3;3-10H,11-16H2,1-2H3,(H,27,28);1H4. The minimum Gasteiger partial charge on any atom is -0.481 e. The number of piperazine rings is 2. The first-order valence-electron chi connectivity index (χ1n) is 20.2. The summed E-state index contributed by atoms with van der Waals surface area (Å²) >= 11 is 0. The lowest BCUT2D eigenvalue weighted by Crippen LogP contribution is -2.52. The zero-order chi connectivity index (χ0) is 40.3. The summed E-state index contributed by atoms with van der Waals surface area (Å²) in [6.45, 7) is 17.5. The molecule has 306 valence electrons. The van der Waals surface area contributed by atoms with Crippen LogP contribution < -0.4 is 0 Å². The Morgan fingerprint density at radius 1 is 0.603 bits per heavy atom. The molecule has 8 rings (SSSR count). The minimum atomic E-state index is -0.742. The number of carboxylic acid groups (broad SMARTS) is 1. The Labute approximate surface area is 343 Å². The number of amidine groups is 2. The second kappa shape index (κ2) is 17.7. The maximum Gasteiger partial charge on any atom is 0.310 e. The maximum absolute atomic E-state index is 14.0. The Morgan fingerprint density at radius 3 is 1.53 bits per heavy atom. The van der Waals surface area contributed by atoms with Crippen molar-refractivity contribution in [3.63, 3.8) is 0 Å². The number of carbonyl (C=O) groups excluding carboxylic acids is 1. The highest BCUT2D eigenvalue weighted by atomic mass is 19.1. The van der Waals surface area contributed by atoms with E-state index in [-0.39, 0.29) is 24.4 Å². The number of aliphatic imine (C=N–C) groups is 2. The fourth-order valence-electron chi connectivity index (χ4n) is 8.13. The fourth-order valence-corrected chi connectivity index (χ4v) is 8.13. The number of aliphatic carboxylic acids is 1. The highest BCUT2D eigenvalue weighted by Crippen LogP contribution is 2.32.